The van der Waals surface area contributed by atoms with E-state index in [1.165, 1.54) is 5.56 Å². The van der Waals surface area contributed by atoms with E-state index in [1.807, 2.05) is 48.5 Å². The first kappa shape index (κ1) is 18.7. The molecule has 2 aromatic rings. The summed E-state index contributed by atoms with van der Waals surface area (Å²) in [6.07, 6.45) is 2.51. The molecule has 0 spiro atoms. The third kappa shape index (κ3) is 3.67. The summed E-state index contributed by atoms with van der Waals surface area (Å²) in [6.45, 7) is 1.58. The molecule has 0 saturated carbocycles. The van der Waals surface area contributed by atoms with Gasteiger partial charge in [0.05, 0.1) is 6.04 Å². The smallest absolute Gasteiger partial charge is 0.254 e. The predicted octanol–water partition coefficient (Wildman–Crippen LogP) is 2.85. The first-order valence-corrected chi connectivity index (χ1v) is 10.1. The van der Waals surface area contributed by atoms with Gasteiger partial charge in [-0.05, 0) is 44.0 Å². The molecule has 2 fully saturated rings. The molecule has 0 aromatic heterocycles. The molecule has 0 aliphatic carbocycles. The molecule has 2 amide bonds. The summed E-state index contributed by atoms with van der Waals surface area (Å²) < 4.78 is 0. The lowest BCUT2D eigenvalue weighted by Gasteiger charge is -2.29. The molecule has 2 saturated heterocycles. The average molecular weight is 377 g/mol. The maximum absolute atomic E-state index is 13.1. The van der Waals surface area contributed by atoms with Gasteiger partial charge in [-0.1, -0.05) is 48.5 Å². The van der Waals surface area contributed by atoms with Crippen LogP contribution in [0.3, 0.4) is 0 Å². The van der Waals surface area contributed by atoms with Crippen molar-refractivity contribution in [2.45, 2.75) is 37.4 Å². The van der Waals surface area contributed by atoms with Crippen molar-refractivity contribution < 1.29 is 9.59 Å². The highest BCUT2D eigenvalue weighted by molar-refractivity contribution is 5.98. The highest BCUT2D eigenvalue weighted by Crippen LogP contribution is 2.31. The zero-order valence-electron chi connectivity index (χ0n) is 16.3. The molecule has 146 valence electrons. The van der Waals surface area contributed by atoms with E-state index in [0.717, 1.165) is 25.8 Å². The topological polar surface area (TPSA) is 52.7 Å². The lowest BCUT2D eigenvalue weighted by molar-refractivity contribution is -0.125. The summed E-state index contributed by atoms with van der Waals surface area (Å²) >= 11 is 0. The van der Waals surface area contributed by atoms with Crippen molar-refractivity contribution in [2.75, 3.05) is 20.1 Å². The van der Waals surface area contributed by atoms with Crippen LogP contribution >= 0.6 is 0 Å². The quantitative estimate of drug-likeness (QED) is 0.891. The van der Waals surface area contributed by atoms with Gasteiger partial charge in [0.15, 0.2) is 0 Å². The molecule has 3 atom stereocenters. The average Bonchev–Trinajstić information content (AvgIpc) is 3.36. The normalized spacial score (nSPS) is 25.0. The monoisotopic (exact) mass is 377 g/mol. The van der Waals surface area contributed by atoms with Gasteiger partial charge in [-0.3, -0.25) is 14.5 Å². The van der Waals surface area contributed by atoms with Gasteiger partial charge in [0.25, 0.3) is 5.91 Å². The van der Waals surface area contributed by atoms with Crippen LogP contribution in [0.5, 0.6) is 0 Å². The summed E-state index contributed by atoms with van der Waals surface area (Å²) in [4.78, 5) is 30.0. The van der Waals surface area contributed by atoms with Crippen LogP contribution in [0.1, 0.15) is 41.2 Å². The minimum Gasteiger partial charge on any atom is -0.350 e. The van der Waals surface area contributed by atoms with Gasteiger partial charge in [0.1, 0.15) is 6.04 Å². The minimum atomic E-state index is -0.380. The number of carbonyl (C=O) groups is 2. The summed E-state index contributed by atoms with van der Waals surface area (Å²) in [5, 5.41) is 3.26. The van der Waals surface area contributed by atoms with Crippen LogP contribution in [0.2, 0.25) is 0 Å². The van der Waals surface area contributed by atoms with Crippen molar-refractivity contribution in [3.8, 4) is 0 Å². The fourth-order valence-electron chi connectivity index (χ4n) is 4.54. The second-order valence-corrected chi connectivity index (χ2v) is 7.76. The molecule has 1 N–H and O–H groups in total. The molecule has 4 rings (SSSR count). The molecular weight excluding hydrogens is 350 g/mol. The molecule has 2 aliphatic rings. The molecule has 5 heteroatoms. The molecular formula is C23H27N3O2. The Bertz CT molecular complexity index is 824. The highest BCUT2D eigenvalue weighted by atomic mass is 16.2. The van der Waals surface area contributed by atoms with E-state index in [0.29, 0.717) is 12.1 Å². The van der Waals surface area contributed by atoms with Crippen LogP contribution in [0.15, 0.2) is 60.7 Å². The maximum Gasteiger partial charge on any atom is 0.254 e. The number of carbonyl (C=O) groups excluding carboxylic acids is 2. The van der Waals surface area contributed by atoms with E-state index in [4.69, 9.17) is 0 Å². The van der Waals surface area contributed by atoms with Gasteiger partial charge >= 0.3 is 0 Å². The molecule has 0 radical (unpaired) electrons. The van der Waals surface area contributed by atoms with E-state index in [9.17, 15) is 9.59 Å². The van der Waals surface area contributed by atoms with E-state index < -0.39 is 0 Å². The fourth-order valence-corrected chi connectivity index (χ4v) is 4.54. The second kappa shape index (κ2) is 8.15. The number of rotatable bonds is 4. The Labute approximate surface area is 166 Å². The van der Waals surface area contributed by atoms with Crippen LogP contribution in [0, 0.1) is 0 Å². The largest absolute Gasteiger partial charge is 0.350 e. The summed E-state index contributed by atoms with van der Waals surface area (Å²) in [6, 6.07) is 19.4. The van der Waals surface area contributed by atoms with Crippen molar-refractivity contribution in [3.05, 3.63) is 71.8 Å². The Balaban J connectivity index is 1.47. The molecule has 3 unspecified atom stereocenters. The minimum absolute atomic E-state index is 0.0250. The fraction of sp³-hybridized carbons (Fsp3) is 0.391. The number of likely N-dealkylation sites (N-methyl/N-ethyl adjacent to an activating group) is 1. The van der Waals surface area contributed by atoms with Crippen LogP contribution in [0.25, 0.3) is 0 Å². The van der Waals surface area contributed by atoms with Crippen LogP contribution in [-0.2, 0) is 4.79 Å². The van der Waals surface area contributed by atoms with Crippen molar-refractivity contribution in [3.63, 3.8) is 0 Å². The first-order valence-electron chi connectivity index (χ1n) is 10.1. The maximum atomic E-state index is 13.1. The molecule has 2 heterocycles. The van der Waals surface area contributed by atoms with Gasteiger partial charge in [-0.2, -0.15) is 0 Å². The number of amides is 2. The van der Waals surface area contributed by atoms with Crippen LogP contribution in [0.4, 0.5) is 0 Å². The molecule has 28 heavy (non-hydrogen) atoms. The number of likely N-dealkylation sites (tertiary alicyclic amines) is 2. The lowest BCUT2D eigenvalue weighted by atomic mass is 9.99. The lowest BCUT2D eigenvalue weighted by Crippen LogP contribution is -2.49. The number of nitrogens with one attached hydrogen (secondary N) is 1. The zero-order valence-corrected chi connectivity index (χ0v) is 16.3. The SMILES string of the molecule is CN1CCC(NC(=O)C2CCCN2C(=O)c2ccccc2)C1c1ccccc1. The standard InChI is InChI=1S/C23H27N3O2/c1-25-16-14-19(21(25)17-9-4-2-5-10-17)24-22(27)20-13-8-15-26(20)23(28)18-11-6-3-7-12-18/h2-7,9-12,19-21H,8,13-16H2,1H3,(H,24,27). The second-order valence-electron chi connectivity index (χ2n) is 7.76. The van der Waals surface area contributed by atoms with Gasteiger partial charge in [-0.15, -0.1) is 0 Å². The van der Waals surface area contributed by atoms with E-state index in [2.05, 4.69) is 29.4 Å². The molecule has 0 bridgehead atoms. The number of hydrogen-bond donors (Lipinski definition) is 1. The number of nitrogens with zero attached hydrogens (tertiary/aromatic N) is 2. The molecule has 5 nitrogen and oxygen atoms in total. The summed E-state index contributed by atoms with van der Waals surface area (Å²) in [7, 11) is 2.10. The highest BCUT2D eigenvalue weighted by Gasteiger charge is 2.39. The Morgan fingerprint density at radius 3 is 2.32 bits per heavy atom. The van der Waals surface area contributed by atoms with Crippen molar-refractivity contribution in [1.82, 2.24) is 15.1 Å². The molecule has 2 aromatic carbocycles. The zero-order chi connectivity index (χ0) is 19.5. The van der Waals surface area contributed by atoms with Crippen LogP contribution < -0.4 is 5.32 Å². The Kier molecular flexibility index (Phi) is 5.44. The number of hydrogen-bond acceptors (Lipinski definition) is 3. The van der Waals surface area contributed by atoms with E-state index in [1.54, 1.807) is 4.90 Å². The Hall–Kier alpha value is -2.66. The third-order valence-corrected chi connectivity index (χ3v) is 5.95. The van der Waals surface area contributed by atoms with Gasteiger partial charge in [0.2, 0.25) is 5.91 Å². The molecule has 2 aliphatic heterocycles. The van der Waals surface area contributed by atoms with Gasteiger partial charge in [-0.25, -0.2) is 0 Å². The third-order valence-electron chi connectivity index (χ3n) is 5.95. The van der Waals surface area contributed by atoms with Crippen molar-refractivity contribution in [2.24, 2.45) is 0 Å². The predicted molar refractivity (Wildman–Crippen MR) is 109 cm³/mol. The van der Waals surface area contributed by atoms with E-state index >= 15 is 0 Å². The first-order chi connectivity index (χ1) is 13.6. The van der Waals surface area contributed by atoms with Gasteiger partial charge < -0.3 is 10.2 Å². The van der Waals surface area contributed by atoms with Gasteiger partial charge in [0, 0.05) is 24.7 Å². The van der Waals surface area contributed by atoms with E-state index in [-0.39, 0.29) is 29.9 Å². The summed E-state index contributed by atoms with van der Waals surface area (Å²) in [5.41, 5.74) is 1.86. The summed E-state index contributed by atoms with van der Waals surface area (Å²) in [5.74, 6) is -0.0792. The van der Waals surface area contributed by atoms with Crippen molar-refractivity contribution >= 4 is 11.8 Å². The van der Waals surface area contributed by atoms with Crippen LogP contribution in [-0.4, -0.2) is 53.8 Å². The Morgan fingerprint density at radius 2 is 1.61 bits per heavy atom. The van der Waals surface area contributed by atoms with Crippen molar-refractivity contribution in [1.29, 1.82) is 0 Å². The number of benzene rings is 2. The Morgan fingerprint density at radius 1 is 0.929 bits per heavy atom.